The van der Waals surface area contributed by atoms with Crippen molar-refractivity contribution in [3.63, 3.8) is 0 Å². The fourth-order valence-electron chi connectivity index (χ4n) is 2.22. The molecule has 0 amide bonds. The number of aromatic amines is 1. The van der Waals surface area contributed by atoms with Gasteiger partial charge in [-0.2, -0.15) is 10.4 Å². The highest BCUT2D eigenvalue weighted by molar-refractivity contribution is 6.01. The predicted molar refractivity (Wildman–Crippen MR) is 83.6 cm³/mol. The minimum absolute atomic E-state index is 0.267. The minimum Gasteiger partial charge on any atom is -0.399 e. The third-order valence-corrected chi connectivity index (χ3v) is 3.35. The number of nitrogen functional groups attached to an aromatic ring is 1. The lowest BCUT2D eigenvalue weighted by Crippen LogP contribution is -2.26. The lowest BCUT2D eigenvalue weighted by Gasteiger charge is -2.09. The van der Waals surface area contributed by atoms with Gasteiger partial charge in [-0.15, -0.1) is 4.68 Å². The maximum Gasteiger partial charge on any atom is 0.350 e. The van der Waals surface area contributed by atoms with Crippen molar-refractivity contribution in [2.24, 2.45) is 0 Å². The van der Waals surface area contributed by atoms with Gasteiger partial charge >= 0.3 is 5.69 Å². The molecule has 0 radical (unpaired) electrons. The molecule has 1 heterocycles. The monoisotopic (exact) mass is 305 g/mol. The minimum atomic E-state index is -0.623. The van der Waals surface area contributed by atoms with Crippen LogP contribution in [0.4, 0.5) is 5.69 Å². The molecule has 0 unspecified atom stereocenters. The average molecular weight is 305 g/mol. The molecule has 0 saturated carbocycles. The second-order valence-corrected chi connectivity index (χ2v) is 4.81. The van der Waals surface area contributed by atoms with Crippen LogP contribution in [0.15, 0.2) is 53.6 Å². The van der Waals surface area contributed by atoms with Crippen LogP contribution in [0.2, 0.25) is 0 Å². The summed E-state index contributed by atoms with van der Waals surface area (Å²) in [5.74, 6) is -0.576. The number of nitrogens with zero attached hydrogens (tertiary/aromatic N) is 3. The molecule has 0 aliphatic carbocycles. The van der Waals surface area contributed by atoms with Gasteiger partial charge in [0.15, 0.2) is 0 Å². The van der Waals surface area contributed by atoms with E-state index in [0.29, 0.717) is 22.4 Å². The fourth-order valence-corrected chi connectivity index (χ4v) is 2.22. The zero-order chi connectivity index (χ0) is 16.4. The molecule has 7 nitrogen and oxygen atoms in total. The topological polar surface area (TPSA) is 118 Å². The van der Waals surface area contributed by atoms with Crippen LogP contribution in [0.3, 0.4) is 0 Å². The number of nitrogens with two attached hydrogens (primary N) is 1. The van der Waals surface area contributed by atoms with E-state index >= 15 is 0 Å². The summed E-state index contributed by atoms with van der Waals surface area (Å²) in [5.41, 5.74) is 7.55. The van der Waals surface area contributed by atoms with Gasteiger partial charge in [-0.3, -0.25) is 9.78 Å². The van der Waals surface area contributed by atoms with E-state index in [1.54, 1.807) is 30.3 Å². The van der Waals surface area contributed by atoms with Crippen LogP contribution in [0.5, 0.6) is 0 Å². The number of rotatable bonds is 2. The molecule has 0 aliphatic rings. The Balaban J connectivity index is 2.19. The van der Waals surface area contributed by atoms with E-state index in [4.69, 9.17) is 11.0 Å². The molecule has 2 aromatic carbocycles. The van der Waals surface area contributed by atoms with Gasteiger partial charge < -0.3 is 5.73 Å². The van der Waals surface area contributed by atoms with Crippen molar-refractivity contribution in [2.75, 3.05) is 5.73 Å². The van der Waals surface area contributed by atoms with Crippen LogP contribution in [0.1, 0.15) is 15.9 Å². The number of benzene rings is 2. The van der Waals surface area contributed by atoms with Crippen LogP contribution in [0.25, 0.3) is 11.1 Å². The van der Waals surface area contributed by atoms with Gasteiger partial charge in [0.1, 0.15) is 6.33 Å². The van der Waals surface area contributed by atoms with Gasteiger partial charge in [0.05, 0.1) is 11.6 Å². The highest BCUT2D eigenvalue weighted by atomic mass is 16.2. The highest BCUT2D eigenvalue weighted by Crippen LogP contribution is 2.26. The van der Waals surface area contributed by atoms with E-state index in [1.165, 1.54) is 12.1 Å². The summed E-state index contributed by atoms with van der Waals surface area (Å²) in [7, 11) is 0. The van der Waals surface area contributed by atoms with Crippen LogP contribution in [-0.2, 0) is 0 Å². The average Bonchev–Trinajstić information content (AvgIpc) is 3.00. The molecule has 0 saturated heterocycles. The lowest BCUT2D eigenvalue weighted by atomic mass is 9.97. The Labute approximate surface area is 130 Å². The van der Waals surface area contributed by atoms with Crippen LogP contribution in [-0.4, -0.2) is 20.7 Å². The lowest BCUT2D eigenvalue weighted by molar-refractivity contribution is 0.0941. The van der Waals surface area contributed by atoms with E-state index in [0.717, 1.165) is 11.0 Å². The molecular weight excluding hydrogens is 294 g/mol. The van der Waals surface area contributed by atoms with Gasteiger partial charge in [-0.1, -0.05) is 12.1 Å². The maximum atomic E-state index is 12.6. The van der Waals surface area contributed by atoms with Crippen LogP contribution in [0, 0.1) is 11.3 Å². The Morgan fingerprint density at radius 2 is 1.96 bits per heavy atom. The first-order valence-corrected chi connectivity index (χ1v) is 6.67. The molecule has 3 N–H and O–H groups in total. The summed E-state index contributed by atoms with van der Waals surface area (Å²) in [6.07, 6.45) is 1.15. The Morgan fingerprint density at radius 1 is 1.22 bits per heavy atom. The number of carbonyl (C=O) groups excluding carboxylic acids is 1. The summed E-state index contributed by atoms with van der Waals surface area (Å²) >= 11 is 0. The number of aromatic nitrogens is 3. The maximum absolute atomic E-state index is 12.6. The zero-order valence-electron chi connectivity index (χ0n) is 11.9. The molecular formula is C16H11N5O2. The van der Waals surface area contributed by atoms with Crippen molar-refractivity contribution in [1.82, 2.24) is 14.8 Å². The number of anilines is 1. The molecule has 7 heteroatoms. The Kier molecular flexibility index (Phi) is 3.49. The largest absolute Gasteiger partial charge is 0.399 e. The van der Waals surface area contributed by atoms with E-state index in [9.17, 15) is 9.59 Å². The zero-order valence-corrected chi connectivity index (χ0v) is 11.9. The molecule has 112 valence electrons. The molecule has 0 spiro atoms. The van der Waals surface area contributed by atoms with Gasteiger partial charge in [-0.05, 0) is 41.5 Å². The van der Waals surface area contributed by atoms with E-state index in [2.05, 4.69) is 10.1 Å². The second-order valence-electron chi connectivity index (χ2n) is 4.81. The van der Waals surface area contributed by atoms with E-state index in [1.807, 2.05) is 6.07 Å². The fraction of sp³-hybridized carbons (Fsp3) is 0. The SMILES string of the molecule is N#Cc1ccc(C(=O)n2nc[nH]c2=O)c(-c2ccc(N)cc2)c1. The molecule has 0 aliphatic heterocycles. The summed E-state index contributed by atoms with van der Waals surface area (Å²) in [5, 5.41) is 12.8. The number of H-pyrrole nitrogens is 1. The first-order valence-electron chi connectivity index (χ1n) is 6.67. The normalized spacial score (nSPS) is 10.2. The van der Waals surface area contributed by atoms with Crippen molar-refractivity contribution >= 4 is 11.6 Å². The van der Waals surface area contributed by atoms with Crippen molar-refractivity contribution in [3.05, 3.63) is 70.4 Å². The summed E-state index contributed by atoms with van der Waals surface area (Å²) < 4.78 is 0.738. The molecule has 0 atom stereocenters. The van der Waals surface area contributed by atoms with E-state index in [-0.39, 0.29) is 5.56 Å². The number of hydrogen-bond acceptors (Lipinski definition) is 5. The number of carbonyl (C=O) groups is 1. The Morgan fingerprint density at radius 3 is 2.57 bits per heavy atom. The molecule has 3 aromatic rings. The van der Waals surface area contributed by atoms with Crippen molar-refractivity contribution in [2.45, 2.75) is 0 Å². The Hall–Kier alpha value is -3.66. The van der Waals surface area contributed by atoms with Gasteiger partial charge in [0.2, 0.25) is 0 Å². The quantitative estimate of drug-likeness (QED) is 0.693. The van der Waals surface area contributed by atoms with Crippen molar-refractivity contribution in [1.29, 1.82) is 5.26 Å². The van der Waals surface area contributed by atoms with Crippen LogP contribution >= 0.6 is 0 Å². The van der Waals surface area contributed by atoms with Gasteiger partial charge in [0, 0.05) is 11.3 Å². The summed E-state index contributed by atoms with van der Waals surface area (Å²) in [6.45, 7) is 0. The van der Waals surface area contributed by atoms with Crippen LogP contribution < -0.4 is 11.4 Å². The Bertz CT molecular complexity index is 977. The first kappa shape index (κ1) is 14.3. The highest BCUT2D eigenvalue weighted by Gasteiger charge is 2.18. The van der Waals surface area contributed by atoms with Gasteiger partial charge in [-0.25, -0.2) is 4.79 Å². The van der Waals surface area contributed by atoms with E-state index < -0.39 is 11.6 Å². The van der Waals surface area contributed by atoms with Gasteiger partial charge in [0.25, 0.3) is 5.91 Å². The molecule has 0 bridgehead atoms. The molecule has 3 rings (SSSR count). The third kappa shape index (κ3) is 2.61. The summed E-state index contributed by atoms with van der Waals surface area (Å²) in [4.78, 5) is 26.5. The van der Waals surface area contributed by atoms with Crippen molar-refractivity contribution in [3.8, 4) is 17.2 Å². The molecule has 0 fully saturated rings. The predicted octanol–water partition coefficient (Wildman–Crippen LogP) is 1.38. The van der Waals surface area contributed by atoms with Crippen molar-refractivity contribution < 1.29 is 4.79 Å². The number of nitrogens with one attached hydrogen (secondary N) is 1. The summed E-state index contributed by atoms with van der Waals surface area (Å²) in [6, 6.07) is 13.5. The second kappa shape index (κ2) is 5.61. The first-order chi connectivity index (χ1) is 11.1. The standard InChI is InChI=1S/C16H11N5O2/c17-8-10-1-6-13(15(22)21-16(23)19-9-20-21)14(7-10)11-2-4-12(18)5-3-11/h1-7,9H,18H2,(H,19,20,23). The third-order valence-electron chi connectivity index (χ3n) is 3.35. The molecule has 23 heavy (non-hydrogen) atoms. The number of nitriles is 1. The smallest absolute Gasteiger partial charge is 0.350 e. The molecule has 1 aromatic heterocycles. The number of hydrogen-bond donors (Lipinski definition) is 2.